The fraction of sp³-hybridized carbons (Fsp3) is 0.550. The maximum absolute atomic E-state index is 13.1. The highest BCUT2D eigenvalue weighted by molar-refractivity contribution is 5.98. The Balaban J connectivity index is 1.76. The highest BCUT2D eigenvalue weighted by Crippen LogP contribution is 2.39. The minimum Gasteiger partial charge on any atom is -0.381 e. The number of carbonyl (C=O) groups excluding carboxylic acids is 1. The fourth-order valence-electron chi connectivity index (χ4n) is 4.76. The molecular weight excluding hydrogens is 319 g/mol. The number of benzene rings is 1. The zero-order valence-corrected chi connectivity index (χ0v) is 14.5. The minimum atomic E-state index is -0.411. The number of primary amides is 1. The molecule has 0 radical (unpaired) electrons. The molecule has 2 N–H and O–H groups in total. The number of nitrogens with two attached hydrogens (primary N) is 1. The summed E-state index contributed by atoms with van der Waals surface area (Å²) in [6, 6.07) is 5.57. The van der Waals surface area contributed by atoms with Crippen molar-refractivity contribution in [2.45, 2.75) is 38.6 Å². The van der Waals surface area contributed by atoms with Crippen LogP contribution in [0.25, 0.3) is 10.9 Å². The Morgan fingerprint density at radius 1 is 1.24 bits per heavy atom. The first-order chi connectivity index (χ1) is 12.2. The van der Waals surface area contributed by atoms with Crippen molar-refractivity contribution in [1.82, 2.24) is 4.57 Å². The van der Waals surface area contributed by atoms with Gasteiger partial charge in [0.1, 0.15) is 6.67 Å². The van der Waals surface area contributed by atoms with E-state index in [1.165, 1.54) is 11.3 Å². The highest BCUT2D eigenvalue weighted by atomic mass is 19.1. The Bertz CT molecular complexity index is 793. The van der Waals surface area contributed by atoms with Crippen molar-refractivity contribution in [3.8, 4) is 0 Å². The number of aromatic nitrogens is 1. The van der Waals surface area contributed by atoms with Crippen molar-refractivity contribution >= 4 is 16.8 Å². The first kappa shape index (κ1) is 16.6. The van der Waals surface area contributed by atoms with Crippen molar-refractivity contribution in [2.24, 2.45) is 17.6 Å². The van der Waals surface area contributed by atoms with Crippen molar-refractivity contribution in [3.05, 3.63) is 35.0 Å². The molecule has 1 fully saturated rings. The lowest BCUT2D eigenvalue weighted by Gasteiger charge is -2.33. The largest absolute Gasteiger partial charge is 0.381 e. The van der Waals surface area contributed by atoms with Gasteiger partial charge in [0.05, 0.1) is 6.54 Å². The number of rotatable bonds is 4. The van der Waals surface area contributed by atoms with Crippen molar-refractivity contribution in [2.75, 3.05) is 19.9 Å². The number of aryl methyl sites for hydroxylation is 1. The lowest BCUT2D eigenvalue weighted by Crippen LogP contribution is -2.28. The molecule has 1 aromatic heterocycles. The van der Waals surface area contributed by atoms with Crippen LogP contribution in [0, 0.1) is 11.8 Å². The first-order valence-electron chi connectivity index (χ1n) is 9.26. The van der Waals surface area contributed by atoms with Gasteiger partial charge >= 0.3 is 0 Å². The second-order valence-corrected chi connectivity index (χ2v) is 7.31. The van der Waals surface area contributed by atoms with Crippen molar-refractivity contribution in [3.63, 3.8) is 0 Å². The van der Waals surface area contributed by atoms with E-state index >= 15 is 0 Å². The number of nitrogens with zero attached hydrogens (tertiary/aromatic N) is 1. The van der Waals surface area contributed by atoms with Crippen molar-refractivity contribution < 1.29 is 13.9 Å². The summed E-state index contributed by atoms with van der Waals surface area (Å²) in [7, 11) is 0. The number of fused-ring (bicyclic) bond motifs is 3. The molecule has 134 valence electrons. The summed E-state index contributed by atoms with van der Waals surface area (Å²) in [5.74, 6) is 0.949. The van der Waals surface area contributed by atoms with Crippen LogP contribution >= 0.6 is 0 Å². The topological polar surface area (TPSA) is 57.2 Å². The second kappa shape index (κ2) is 6.79. The highest BCUT2D eigenvalue weighted by Gasteiger charge is 2.31. The molecule has 1 atom stereocenters. The van der Waals surface area contributed by atoms with Crippen LogP contribution in [-0.2, 0) is 24.1 Å². The summed E-state index contributed by atoms with van der Waals surface area (Å²) < 4.78 is 20.7. The summed E-state index contributed by atoms with van der Waals surface area (Å²) in [6.45, 7) is 1.73. The lowest BCUT2D eigenvalue weighted by atomic mass is 9.75. The number of alkyl halides is 1. The molecule has 0 bridgehead atoms. The summed E-state index contributed by atoms with van der Waals surface area (Å²) in [4.78, 5) is 11.6. The molecule has 2 aliphatic rings. The third-order valence-corrected chi connectivity index (χ3v) is 6.03. The molecule has 1 amide bonds. The number of hydrogen-bond donors (Lipinski definition) is 1. The zero-order valence-electron chi connectivity index (χ0n) is 14.5. The van der Waals surface area contributed by atoms with Crippen LogP contribution in [-0.4, -0.2) is 30.4 Å². The molecule has 1 unspecified atom stereocenters. The van der Waals surface area contributed by atoms with E-state index in [2.05, 4.69) is 4.57 Å². The molecule has 0 saturated carbocycles. The molecule has 5 heteroatoms. The molecule has 1 aliphatic carbocycles. The first-order valence-corrected chi connectivity index (χ1v) is 9.26. The van der Waals surface area contributed by atoms with E-state index in [1.807, 2.05) is 12.1 Å². The summed E-state index contributed by atoms with van der Waals surface area (Å²) in [5, 5.41) is 1.08. The van der Waals surface area contributed by atoms with Crippen LogP contribution in [0.3, 0.4) is 0 Å². The van der Waals surface area contributed by atoms with Gasteiger partial charge in [0.2, 0.25) is 5.91 Å². The number of ether oxygens (including phenoxy) is 1. The predicted octanol–water partition coefficient (Wildman–Crippen LogP) is 3.24. The van der Waals surface area contributed by atoms with E-state index in [4.69, 9.17) is 10.5 Å². The molecule has 1 aliphatic heterocycles. The van der Waals surface area contributed by atoms with E-state index in [0.29, 0.717) is 23.9 Å². The average molecular weight is 344 g/mol. The predicted molar refractivity (Wildman–Crippen MR) is 95.5 cm³/mol. The number of hydrogen-bond acceptors (Lipinski definition) is 2. The van der Waals surface area contributed by atoms with Gasteiger partial charge in [-0.2, -0.15) is 0 Å². The third kappa shape index (κ3) is 2.95. The zero-order chi connectivity index (χ0) is 17.4. The SMILES string of the molecule is NC(=O)c1ccc2c(c1)c1c(n2CCF)CCC(C2CCOCC2)C1. The van der Waals surface area contributed by atoms with E-state index < -0.39 is 5.91 Å². The number of halogens is 1. The van der Waals surface area contributed by atoms with Gasteiger partial charge in [-0.1, -0.05) is 0 Å². The standard InChI is InChI=1S/C20H25FN2O2/c21-7-8-23-18-3-1-14(13-5-9-25-10-6-13)11-16(18)17-12-15(20(22)24)2-4-19(17)23/h2,4,12-14H,1,3,5-11H2,(H2,22,24). The normalized spacial score (nSPS) is 21.4. The Kier molecular flexibility index (Phi) is 4.50. The quantitative estimate of drug-likeness (QED) is 0.926. The summed E-state index contributed by atoms with van der Waals surface area (Å²) >= 11 is 0. The molecule has 2 aromatic rings. The molecule has 1 saturated heterocycles. The Morgan fingerprint density at radius 3 is 2.76 bits per heavy atom. The minimum absolute atomic E-state index is 0.378. The average Bonchev–Trinajstić information content (AvgIpc) is 2.95. The number of amides is 1. The number of carbonyl (C=O) groups is 1. The van der Waals surface area contributed by atoms with Crippen LogP contribution in [0.15, 0.2) is 18.2 Å². The Labute approximate surface area is 147 Å². The molecule has 25 heavy (non-hydrogen) atoms. The van der Waals surface area contributed by atoms with E-state index in [9.17, 15) is 9.18 Å². The van der Waals surface area contributed by atoms with Crippen LogP contribution in [0.4, 0.5) is 4.39 Å². The Morgan fingerprint density at radius 2 is 2.04 bits per heavy atom. The van der Waals surface area contributed by atoms with Gasteiger partial charge in [-0.15, -0.1) is 0 Å². The van der Waals surface area contributed by atoms with Crippen molar-refractivity contribution in [1.29, 1.82) is 0 Å². The molecule has 0 spiro atoms. The van der Waals surface area contributed by atoms with Gasteiger partial charge in [0, 0.05) is 35.4 Å². The van der Waals surface area contributed by atoms with Crippen LogP contribution in [0.1, 0.15) is 40.9 Å². The van der Waals surface area contributed by atoms with E-state index in [-0.39, 0.29) is 6.67 Å². The van der Waals surface area contributed by atoms with Gasteiger partial charge in [0.15, 0.2) is 0 Å². The third-order valence-electron chi connectivity index (χ3n) is 6.03. The van der Waals surface area contributed by atoms with Gasteiger partial charge in [-0.3, -0.25) is 4.79 Å². The lowest BCUT2D eigenvalue weighted by molar-refractivity contribution is 0.0438. The molecule has 2 heterocycles. The maximum atomic E-state index is 13.1. The van der Waals surface area contributed by atoms with Gasteiger partial charge < -0.3 is 15.0 Å². The van der Waals surface area contributed by atoms with Crippen LogP contribution in [0.5, 0.6) is 0 Å². The molecule has 1 aromatic carbocycles. The van der Waals surface area contributed by atoms with E-state index in [1.54, 1.807) is 6.07 Å². The smallest absolute Gasteiger partial charge is 0.248 e. The fourth-order valence-corrected chi connectivity index (χ4v) is 4.76. The van der Waals surface area contributed by atoms with Crippen LogP contribution in [0.2, 0.25) is 0 Å². The van der Waals surface area contributed by atoms with Crippen LogP contribution < -0.4 is 5.73 Å². The monoisotopic (exact) mass is 344 g/mol. The molecule has 4 nitrogen and oxygen atoms in total. The van der Waals surface area contributed by atoms with Gasteiger partial charge in [-0.05, 0) is 67.7 Å². The van der Waals surface area contributed by atoms with Gasteiger partial charge in [-0.25, -0.2) is 4.39 Å². The molecular formula is C20H25FN2O2. The second-order valence-electron chi connectivity index (χ2n) is 7.31. The Hall–Kier alpha value is -1.88. The molecule has 4 rings (SSSR count). The van der Waals surface area contributed by atoms with Gasteiger partial charge in [0.25, 0.3) is 0 Å². The summed E-state index contributed by atoms with van der Waals surface area (Å²) in [5.41, 5.74) is 9.58. The summed E-state index contributed by atoms with van der Waals surface area (Å²) in [6.07, 6.45) is 5.42. The van der Waals surface area contributed by atoms with E-state index in [0.717, 1.165) is 56.2 Å². The maximum Gasteiger partial charge on any atom is 0.248 e.